The van der Waals surface area contributed by atoms with Crippen LogP contribution in [0.15, 0.2) is 53.9 Å². The average molecular weight is 465 g/mol. The number of imide groups is 1. The van der Waals surface area contributed by atoms with Crippen molar-refractivity contribution in [1.29, 1.82) is 0 Å². The minimum absolute atomic E-state index is 0.0121. The minimum atomic E-state index is -1.24. The molecule has 2 aliphatic rings. The van der Waals surface area contributed by atoms with Crippen LogP contribution in [0.1, 0.15) is 25.1 Å². The molecule has 0 spiro atoms. The SMILES string of the molecule is CC(=O)N(c1ccccc1)c1nc(CN2C(=O)NC(C)(c3ccc4c(c3)OCO4)C2=O)cs1. The Morgan fingerprint density at radius 1 is 1.18 bits per heavy atom. The first-order valence-corrected chi connectivity index (χ1v) is 11.1. The Balaban J connectivity index is 1.38. The first-order chi connectivity index (χ1) is 15.9. The van der Waals surface area contributed by atoms with E-state index in [-0.39, 0.29) is 19.2 Å². The van der Waals surface area contributed by atoms with Crippen LogP contribution in [0.4, 0.5) is 15.6 Å². The molecule has 1 saturated heterocycles. The summed E-state index contributed by atoms with van der Waals surface area (Å²) in [6, 6.07) is 13.8. The summed E-state index contributed by atoms with van der Waals surface area (Å²) in [5.41, 5.74) is 0.553. The average Bonchev–Trinajstić information content (AvgIpc) is 3.50. The van der Waals surface area contributed by atoms with Crippen molar-refractivity contribution in [3.05, 3.63) is 65.2 Å². The fourth-order valence-corrected chi connectivity index (χ4v) is 4.76. The number of ether oxygens (including phenoxy) is 2. The van der Waals surface area contributed by atoms with Crippen LogP contribution in [0, 0.1) is 0 Å². The number of aromatic nitrogens is 1. The second-order valence-corrected chi connectivity index (χ2v) is 8.66. The number of amides is 4. The molecular weight excluding hydrogens is 444 g/mol. The summed E-state index contributed by atoms with van der Waals surface area (Å²) < 4.78 is 10.7. The third kappa shape index (κ3) is 3.58. The van der Waals surface area contributed by atoms with E-state index in [0.29, 0.717) is 33.6 Å². The van der Waals surface area contributed by atoms with E-state index in [1.54, 1.807) is 30.5 Å². The topological polar surface area (TPSA) is 101 Å². The Kier molecular flexibility index (Phi) is 5.01. The molecule has 1 fully saturated rings. The number of carbonyl (C=O) groups is 3. The maximum absolute atomic E-state index is 13.3. The van der Waals surface area contributed by atoms with Crippen LogP contribution >= 0.6 is 11.3 Å². The highest BCUT2D eigenvalue weighted by atomic mass is 32.1. The van der Waals surface area contributed by atoms with Gasteiger partial charge < -0.3 is 14.8 Å². The molecule has 1 N–H and O–H groups in total. The van der Waals surface area contributed by atoms with Gasteiger partial charge in [-0.05, 0) is 36.8 Å². The van der Waals surface area contributed by atoms with Crippen molar-refractivity contribution in [2.75, 3.05) is 11.7 Å². The first-order valence-electron chi connectivity index (χ1n) is 10.2. The Bertz CT molecular complexity index is 1260. The molecule has 1 aromatic heterocycles. The Labute approximate surface area is 193 Å². The summed E-state index contributed by atoms with van der Waals surface area (Å²) in [5, 5.41) is 4.99. The molecule has 10 heteroatoms. The van der Waals surface area contributed by atoms with Crippen molar-refractivity contribution in [3.8, 4) is 11.5 Å². The number of nitrogens with one attached hydrogen (secondary N) is 1. The molecule has 0 bridgehead atoms. The van der Waals surface area contributed by atoms with Crippen LogP contribution in [0.3, 0.4) is 0 Å². The van der Waals surface area contributed by atoms with Gasteiger partial charge in [-0.25, -0.2) is 9.78 Å². The summed E-state index contributed by atoms with van der Waals surface area (Å²) >= 11 is 1.27. The lowest BCUT2D eigenvalue weighted by molar-refractivity contribution is -0.131. The summed E-state index contributed by atoms with van der Waals surface area (Å²) in [6.07, 6.45) is 0. The van der Waals surface area contributed by atoms with Gasteiger partial charge in [-0.3, -0.25) is 19.4 Å². The number of thiazole rings is 1. The van der Waals surface area contributed by atoms with Crippen LogP contribution in [0.5, 0.6) is 11.5 Å². The fraction of sp³-hybridized carbons (Fsp3) is 0.217. The lowest BCUT2D eigenvalue weighted by Crippen LogP contribution is -2.40. The highest BCUT2D eigenvalue weighted by Crippen LogP contribution is 2.38. The molecule has 9 nitrogen and oxygen atoms in total. The second kappa shape index (κ2) is 7.89. The van der Waals surface area contributed by atoms with Crippen molar-refractivity contribution >= 4 is 40.0 Å². The molecular formula is C23H20N4O5S. The number of urea groups is 1. The molecule has 0 aliphatic carbocycles. The maximum atomic E-state index is 13.3. The summed E-state index contributed by atoms with van der Waals surface area (Å²) in [6.45, 7) is 3.22. The van der Waals surface area contributed by atoms with Crippen molar-refractivity contribution in [3.63, 3.8) is 0 Å². The first kappa shape index (κ1) is 21.0. The van der Waals surface area contributed by atoms with Crippen molar-refractivity contribution in [2.24, 2.45) is 0 Å². The van der Waals surface area contributed by atoms with E-state index in [1.807, 2.05) is 30.3 Å². The smallest absolute Gasteiger partial charge is 0.325 e. The van der Waals surface area contributed by atoms with Crippen molar-refractivity contribution in [2.45, 2.75) is 25.9 Å². The predicted molar refractivity (Wildman–Crippen MR) is 120 cm³/mol. The Hall–Kier alpha value is -3.92. The third-order valence-electron chi connectivity index (χ3n) is 5.61. The van der Waals surface area contributed by atoms with Gasteiger partial charge in [0.1, 0.15) is 5.54 Å². The quantitative estimate of drug-likeness (QED) is 0.580. The molecule has 3 heterocycles. The van der Waals surface area contributed by atoms with E-state index in [9.17, 15) is 14.4 Å². The summed E-state index contributed by atoms with van der Waals surface area (Å²) in [4.78, 5) is 45.4. The van der Waals surface area contributed by atoms with Crippen LogP contribution < -0.4 is 19.7 Å². The van der Waals surface area contributed by atoms with Gasteiger partial charge >= 0.3 is 6.03 Å². The van der Waals surface area contributed by atoms with Crippen LogP contribution in [-0.2, 0) is 21.7 Å². The number of nitrogens with zero attached hydrogens (tertiary/aromatic N) is 3. The third-order valence-corrected chi connectivity index (χ3v) is 6.48. The molecule has 1 unspecified atom stereocenters. The van der Waals surface area contributed by atoms with Crippen molar-refractivity contribution in [1.82, 2.24) is 15.2 Å². The Morgan fingerprint density at radius 3 is 2.70 bits per heavy atom. The van der Waals surface area contributed by atoms with E-state index in [2.05, 4.69) is 10.3 Å². The van der Waals surface area contributed by atoms with Crippen LogP contribution in [-0.4, -0.2) is 34.5 Å². The van der Waals surface area contributed by atoms with Gasteiger partial charge in [0.15, 0.2) is 16.6 Å². The fourth-order valence-electron chi connectivity index (χ4n) is 3.88. The number of hydrogen-bond acceptors (Lipinski definition) is 7. The molecule has 2 aromatic carbocycles. The summed E-state index contributed by atoms with van der Waals surface area (Å²) in [5.74, 6) is 0.544. The number of carbonyl (C=O) groups excluding carboxylic acids is 3. The minimum Gasteiger partial charge on any atom is -0.454 e. The standard InChI is InChI=1S/C23H20N4O5S/c1-14(28)27(17-6-4-3-5-7-17)22-24-16(12-33-22)11-26-20(29)23(2,25-21(26)30)15-8-9-18-19(10-15)32-13-31-18/h3-10,12H,11,13H2,1-2H3,(H,25,30). The largest absolute Gasteiger partial charge is 0.454 e. The highest BCUT2D eigenvalue weighted by Gasteiger charge is 2.49. The molecule has 2 aliphatic heterocycles. The van der Waals surface area contributed by atoms with E-state index in [0.717, 1.165) is 4.90 Å². The van der Waals surface area contributed by atoms with Crippen LogP contribution in [0.2, 0.25) is 0 Å². The van der Waals surface area contributed by atoms with Gasteiger partial charge in [-0.1, -0.05) is 24.3 Å². The second-order valence-electron chi connectivity index (χ2n) is 7.83. The molecule has 3 aromatic rings. The number of anilines is 2. The number of hydrogen-bond donors (Lipinski definition) is 1. The van der Waals surface area contributed by atoms with Gasteiger partial charge in [0.25, 0.3) is 5.91 Å². The monoisotopic (exact) mass is 464 g/mol. The molecule has 0 radical (unpaired) electrons. The predicted octanol–water partition coefficient (Wildman–Crippen LogP) is 3.52. The maximum Gasteiger partial charge on any atom is 0.325 e. The molecule has 4 amide bonds. The zero-order valence-electron chi connectivity index (χ0n) is 17.9. The zero-order valence-corrected chi connectivity index (χ0v) is 18.7. The highest BCUT2D eigenvalue weighted by molar-refractivity contribution is 7.14. The van der Waals surface area contributed by atoms with Gasteiger partial charge in [0, 0.05) is 12.3 Å². The number of rotatable bonds is 5. The van der Waals surface area contributed by atoms with Gasteiger partial charge in [0.2, 0.25) is 12.7 Å². The normalized spacial score (nSPS) is 19.0. The lowest BCUT2D eigenvalue weighted by atomic mass is 9.91. The van der Waals surface area contributed by atoms with E-state index in [1.165, 1.54) is 23.2 Å². The van der Waals surface area contributed by atoms with Gasteiger partial charge in [-0.15, -0.1) is 11.3 Å². The van der Waals surface area contributed by atoms with Gasteiger partial charge in [0.05, 0.1) is 17.9 Å². The van der Waals surface area contributed by atoms with Gasteiger partial charge in [-0.2, -0.15) is 0 Å². The lowest BCUT2D eigenvalue weighted by Gasteiger charge is -2.22. The van der Waals surface area contributed by atoms with E-state index < -0.39 is 17.5 Å². The van der Waals surface area contributed by atoms with E-state index in [4.69, 9.17) is 9.47 Å². The van der Waals surface area contributed by atoms with Crippen LogP contribution in [0.25, 0.3) is 0 Å². The molecule has 1 atom stereocenters. The molecule has 168 valence electrons. The number of fused-ring (bicyclic) bond motifs is 1. The number of para-hydroxylation sites is 1. The molecule has 0 saturated carbocycles. The summed E-state index contributed by atoms with van der Waals surface area (Å²) in [7, 11) is 0. The van der Waals surface area contributed by atoms with E-state index >= 15 is 0 Å². The molecule has 5 rings (SSSR count). The number of benzene rings is 2. The van der Waals surface area contributed by atoms with Crippen molar-refractivity contribution < 1.29 is 23.9 Å². The Morgan fingerprint density at radius 2 is 1.94 bits per heavy atom. The zero-order chi connectivity index (χ0) is 23.2. The molecule has 33 heavy (non-hydrogen) atoms.